The summed E-state index contributed by atoms with van der Waals surface area (Å²) >= 11 is 0. The van der Waals surface area contributed by atoms with E-state index in [-0.39, 0.29) is 31.2 Å². The SMILES string of the molecule is C[C@@H](O)[C@@H]1NC(=O)[C@H](CC2CCCCC2)NC(=O)Cc2ccc(cc2)OCCn2cc(nn2)CNC(=O)[C@H](Cc2ccccc2)NC1=O. The van der Waals surface area contributed by atoms with Crippen molar-refractivity contribution in [3.63, 3.8) is 0 Å². The van der Waals surface area contributed by atoms with Crippen molar-refractivity contribution < 1.29 is 29.0 Å². The molecule has 4 amide bonds. The second-order valence-corrected chi connectivity index (χ2v) is 12.7. The van der Waals surface area contributed by atoms with E-state index in [1.54, 1.807) is 35.1 Å². The van der Waals surface area contributed by atoms with E-state index in [4.69, 9.17) is 4.74 Å². The molecule has 3 heterocycles. The van der Waals surface area contributed by atoms with Crippen LogP contribution in [0.4, 0.5) is 0 Å². The Morgan fingerprint density at radius 1 is 0.896 bits per heavy atom. The molecule has 13 heteroatoms. The van der Waals surface area contributed by atoms with Crippen molar-refractivity contribution in [1.82, 2.24) is 36.3 Å². The van der Waals surface area contributed by atoms with Crippen LogP contribution in [0, 0.1) is 5.92 Å². The molecule has 0 spiro atoms. The van der Waals surface area contributed by atoms with Crippen molar-refractivity contribution in [2.45, 2.75) is 95.6 Å². The molecule has 3 aromatic rings. The predicted octanol–water partition coefficient (Wildman–Crippen LogP) is 1.58. The summed E-state index contributed by atoms with van der Waals surface area (Å²) in [5, 5.41) is 30.0. The minimum absolute atomic E-state index is 0.0487. The number of ether oxygens (including phenoxy) is 1. The van der Waals surface area contributed by atoms with Gasteiger partial charge in [0.1, 0.15) is 36.2 Å². The number of aromatic nitrogens is 3. The number of carbonyl (C=O) groups is 4. The molecular weight excluding hydrogens is 614 g/mol. The average molecular weight is 660 g/mol. The Balaban J connectivity index is 1.39. The molecule has 256 valence electrons. The van der Waals surface area contributed by atoms with Gasteiger partial charge in [-0.1, -0.05) is 79.8 Å². The standard InChI is InChI=1S/C35H45N7O6/c1-23(43)32-35(47)38-29(18-24-8-4-2-5-9-24)33(45)36-21-27-22-42(41-40-27)16-17-48-28-14-12-26(13-15-28)20-31(44)37-30(34(46)39-32)19-25-10-6-3-7-11-25/h2,4-5,8-9,12-15,22-23,25,29-30,32,43H,3,6-7,10-11,16-21H2,1H3,(H,36,45)(H,37,44)(H,38,47)(H,39,46)/t23-,29+,30+,32+/m1/s1. The zero-order chi connectivity index (χ0) is 33.9. The normalized spacial score (nSPS) is 22.8. The van der Waals surface area contributed by atoms with E-state index >= 15 is 0 Å². The number of nitrogens with one attached hydrogen (secondary N) is 4. The molecule has 0 saturated heterocycles. The fourth-order valence-corrected chi connectivity index (χ4v) is 6.19. The molecule has 0 unspecified atom stereocenters. The molecule has 4 atom stereocenters. The molecule has 2 aliphatic heterocycles. The molecule has 1 aromatic heterocycles. The summed E-state index contributed by atoms with van der Waals surface area (Å²) in [7, 11) is 0. The van der Waals surface area contributed by atoms with Gasteiger partial charge in [-0.05, 0) is 42.5 Å². The molecule has 1 saturated carbocycles. The number of hydrogen-bond donors (Lipinski definition) is 5. The third-order valence-electron chi connectivity index (χ3n) is 8.83. The molecule has 13 nitrogen and oxygen atoms in total. The van der Waals surface area contributed by atoms with Crippen LogP contribution in [0.3, 0.4) is 0 Å². The number of aliphatic hydroxyl groups is 1. The predicted molar refractivity (Wildman–Crippen MR) is 176 cm³/mol. The Labute approximate surface area is 280 Å². The van der Waals surface area contributed by atoms with Crippen LogP contribution >= 0.6 is 0 Å². The fourth-order valence-electron chi connectivity index (χ4n) is 6.19. The monoisotopic (exact) mass is 659 g/mol. The van der Waals surface area contributed by atoms with Crippen molar-refractivity contribution in [3.05, 3.63) is 77.6 Å². The second-order valence-electron chi connectivity index (χ2n) is 12.7. The first-order valence-corrected chi connectivity index (χ1v) is 16.7. The van der Waals surface area contributed by atoms with Crippen LogP contribution in [0.15, 0.2) is 60.8 Å². The number of nitrogens with zero attached hydrogens (tertiary/aromatic N) is 3. The molecule has 2 aromatic carbocycles. The minimum atomic E-state index is -1.37. The zero-order valence-electron chi connectivity index (χ0n) is 27.3. The lowest BCUT2D eigenvalue weighted by Gasteiger charge is -2.29. The van der Waals surface area contributed by atoms with Gasteiger partial charge in [-0.3, -0.25) is 19.2 Å². The van der Waals surface area contributed by atoms with Crippen LogP contribution in [-0.2, 0) is 45.1 Å². The largest absolute Gasteiger partial charge is 0.492 e. The van der Waals surface area contributed by atoms with Gasteiger partial charge < -0.3 is 31.1 Å². The van der Waals surface area contributed by atoms with E-state index in [0.29, 0.717) is 31.0 Å². The van der Waals surface area contributed by atoms with Crippen molar-refractivity contribution in [3.8, 4) is 5.75 Å². The van der Waals surface area contributed by atoms with Gasteiger partial charge in [-0.25, -0.2) is 4.68 Å². The summed E-state index contributed by atoms with van der Waals surface area (Å²) in [5.74, 6) is -1.22. The molecule has 0 radical (unpaired) electrons. The molecule has 48 heavy (non-hydrogen) atoms. The van der Waals surface area contributed by atoms with Crippen molar-refractivity contribution in [2.75, 3.05) is 6.61 Å². The van der Waals surface area contributed by atoms with E-state index < -0.39 is 42.0 Å². The fraction of sp³-hybridized carbons (Fsp3) is 0.486. The number of hydrogen-bond acceptors (Lipinski definition) is 8. The quantitative estimate of drug-likeness (QED) is 0.257. The highest BCUT2D eigenvalue weighted by atomic mass is 16.5. The average Bonchev–Trinajstić information content (AvgIpc) is 3.54. The number of aliphatic hydroxyl groups excluding tert-OH is 1. The van der Waals surface area contributed by atoms with Gasteiger partial charge in [0.25, 0.3) is 0 Å². The highest BCUT2D eigenvalue weighted by Gasteiger charge is 2.33. The summed E-state index contributed by atoms with van der Waals surface area (Å²) in [4.78, 5) is 54.1. The van der Waals surface area contributed by atoms with Crippen LogP contribution in [0.1, 0.15) is 62.3 Å². The van der Waals surface area contributed by atoms with Gasteiger partial charge in [-0.15, -0.1) is 5.10 Å². The molecule has 5 N–H and O–H groups in total. The Hall–Kier alpha value is -4.78. The Bertz CT molecular complexity index is 1520. The molecular formula is C35H45N7O6. The maximum atomic E-state index is 13.8. The van der Waals surface area contributed by atoms with E-state index in [1.165, 1.54) is 6.92 Å². The Morgan fingerprint density at radius 3 is 2.38 bits per heavy atom. The van der Waals surface area contributed by atoms with Gasteiger partial charge >= 0.3 is 0 Å². The summed E-state index contributed by atoms with van der Waals surface area (Å²) in [6.45, 7) is 2.21. The Kier molecular flexibility index (Phi) is 12.1. The molecule has 3 aliphatic rings. The summed E-state index contributed by atoms with van der Waals surface area (Å²) < 4.78 is 7.46. The van der Waals surface area contributed by atoms with Crippen LogP contribution in [-0.4, -0.2) is 74.6 Å². The van der Waals surface area contributed by atoms with Crippen LogP contribution in [0.2, 0.25) is 0 Å². The van der Waals surface area contributed by atoms with Crippen molar-refractivity contribution in [2.24, 2.45) is 5.92 Å². The second kappa shape index (κ2) is 16.9. The number of benzene rings is 2. The maximum absolute atomic E-state index is 13.8. The lowest BCUT2D eigenvalue weighted by atomic mass is 9.84. The number of fused-ring (bicyclic) bond motifs is 16. The smallest absolute Gasteiger partial charge is 0.245 e. The van der Waals surface area contributed by atoms with Gasteiger partial charge in [0.15, 0.2) is 0 Å². The Morgan fingerprint density at radius 2 is 1.65 bits per heavy atom. The lowest BCUT2D eigenvalue weighted by Crippen LogP contribution is -2.60. The number of amides is 4. The van der Waals surface area contributed by atoms with E-state index in [1.807, 2.05) is 30.3 Å². The maximum Gasteiger partial charge on any atom is 0.245 e. The number of rotatable bonds is 5. The first-order valence-electron chi connectivity index (χ1n) is 16.7. The van der Waals surface area contributed by atoms with Gasteiger partial charge in [0.2, 0.25) is 23.6 Å². The lowest BCUT2D eigenvalue weighted by molar-refractivity contribution is -0.136. The molecule has 4 bridgehead atoms. The molecule has 6 rings (SSSR count). The van der Waals surface area contributed by atoms with Gasteiger partial charge in [-0.2, -0.15) is 0 Å². The summed E-state index contributed by atoms with van der Waals surface area (Å²) in [6, 6.07) is 13.1. The highest BCUT2D eigenvalue weighted by Crippen LogP contribution is 2.27. The first-order chi connectivity index (χ1) is 23.2. The topological polar surface area (TPSA) is 177 Å². The van der Waals surface area contributed by atoms with Crippen LogP contribution in [0.5, 0.6) is 5.75 Å². The minimum Gasteiger partial charge on any atom is -0.492 e. The number of carbonyl (C=O) groups excluding carboxylic acids is 4. The van der Waals surface area contributed by atoms with E-state index in [0.717, 1.165) is 43.2 Å². The zero-order valence-corrected chi connectivity index (χ0v) is 27.3. The van der Waals surface area contributed by atoms with Crippen molar-refractivity contribution in [1.29, 1.82) is 0 Å². The summed E-state index contributed by atoms with van der Waals surface area (Å²) in [5.41, 5.74) is 2.08. The van der Waals surface area contributed by atoms with Crippen LogP contribution < -0.4 is 26.0 Å². The third kappa shape index (κ3) is 10.1. The van der Waals surface area contributed by atoms with Crippen LogP contribution in [0.25, 0.3) is 0 Å². The molecule has 1 fully saturated rings. The third-order valence-corrected chi connectivity index (χ3v) is 8.83. The first kappa shape index (κ1) is 34.6. The van der Waals surface area contributed by atoms with Gasteiger partial charge in [0.05, 0.1) is 31.8 Å². The molecule has 1 aliphatic carbocycles. The van der Waals surface area contributed by atoms with E-state index in [9.17, 15) is 24.3 Å². The van der Waals surface area contributed by atoms with Crippen molar-refractivity contribution >= 4 is 23.6 Å². The van der Waals surface area contributed by atoms with Gasteiger partial charge in [0, 0.05) is 6.42 Å². The highest BCUT2D eigenvalue weighted by molar-refractivity contribution is 5.94. The summed E-state index contributed by atoms with van der Waals surface area (Å²) in [6.07, 6.45) is 6.21. The van der Waals surface area contributed by atoms with E-state index in [2.05, 4.69) is 31.6 Å².